The van der Waals surface area contributed by atoms with Crippen molar-refractivity contribution in [1.82, 2.24) is 14.8 Å². The highest BCUT2D eigenvalue weighted by Gasteiger charge is 2.37. The number of carbonyl (C=O) groups excluding carboxylic acids is 2. The van der Waals surface area contributed by atoms with Crippen LogP contribution in [0.15, 0.2) is 12.3 Å². The number of amides is 2. The second kappa shape index (κ2) is 9.47. The Morgan fingerprint density at radius 3 is 2.72 bits per heavy atom. The molecule has 1 aromatic rings. The van der Waals surface area contributed by atoms with E-state index in [1.54, 1.807) is 43.7 Å². The molecule has 174 valence electrons. The van der Waals surface area contributed by atoms with Crippen LogP contribution >= 0.6 is 0 Å². The second-order valence-electron chi connectivity index (χ2n) is 9.50. The molecule has 2 heterocycles. The molecule has 0 saturated heterocycles. The third-order valence-corrected chi connectivity index (χ3v) is 5.79. The van der Waals surface area contributed by atoms with Gasteiger partial charge in [0.1, 0.15) is 17.3 Å². The summed E-state index contributed by atoms with van der Waals surface area (Å²) in [5, 5.41) is 19.6. The van der Waals surface area contributed by atoms with E-state index in [0.29, 0.717) is 18.7 Å². The van der Waals surface area contributed by atoms with Gasteiger partial charge < -0.3 is 24.7 Å². The highest BCUT2D eigenvalue weighted by molar-refractivity contribution is 5.97. The van der Waals surface area contributed by atoms with Crippen molar-refractivity contribution in [1.29, 1.82) is 0 Å². The molecular formula is C24H33N3O5. The van der Waals surface area contributed by atoms with Crippen molar-refractivity contribution >= 4 is 11.8 Å². The van der Waals surface area contributed by atoms with Crippen molar-refractivity contribution in [3.8, 4) is 17.7 Å². The molecule has 1 fully saturated rings. The molecule has 8 heteroatoms. The number of hydrogen-bond acceptors (Lipinski definition) is 6. The van der Waals surface area contributed by atoms with Gasteiger partial charge in [-0.05, 0) is 39.7 Å². The van der Waals surface area contributed by atoms with Gasteiger partial charge in [0.05, 0.1) is 19.2 Å². The average molecular weight is 444 g/mol. The van der Waals surface area contributed by atoms with Gasteiger partial charge in [-0.2, -0.15) is 0 Å². The lowest BCUT2D eigenvalue weighted by atomic mass is 9.99. The fraction of sp³-hybridized carbons (Fsp3) is 0.625. The minimum atomic E-state index is -1.18. The average Bonchev–Trinajstić information content (AvgIpc) is 3.58. The number of ether oxygens (including phenoxy) is 1. The zero-order valence-corrected chi connectivity index (χ0v) is 19.5. The Kier molecular flexibility index (Phi) is 7.11. The fourth-order valence-electron chi connectivity index (χ4n) is 3.62. The van der Waals surface area contributed by atoms with Crippen molar-refractivity contribution in [2.24, 2.45) is 11.8 Å². The molecule has 1 aliphatic carbocycles. The SMILES string of the molecule is C[C@H]1CN([C@@H](C)CO)C(=O)c2cc(C#CC(C)(C)O)cnc2O[C@@H]1CN(C)C(=O)C1CC1. The van der Waals surface area contributed by atoms with Gasteiger partial charge in [-0.1, -0.05) is 18.8 Å². The first-order chi connectivity index (χ1) is 15.0. The van der Waals surface area contributed by atoms with Crippen LogP contribution in [0.3, 0.4) is 0 Å². The van der Waals surface area contributed by atoms with E-state index in [4.69, 9.17) is 4.74 Å². The van der Waals surface area contributed by atoms with Gasteiger partial charge in [0, 0.05) is 37.2 Å². The van der Waals surface area contributed by atoms with Crippen molar-refractivity contribution in [3.05, 3.63) is 23.4 Å². The molecule has 3 atom stereocenters. The summed E-state index contributed by atoms with van der Waals surface area (Å²) in [6.07, 6.45) is 3.00. The number of aliphatic hydroxyl groups is 2. The number of nitrogens with zero attached hydrogens (tertiary/aromatic N) is 3. The Balaban J connectivity index is 1.96. The zero-order chi connectivity index (χ0) is 23.6. The highest BCUT2D eigenvalue weighted by atomic mass is 16.5. The van der Waals surface area contributed by atoms with E-state index < -0.39 is 11.6 Å². The van der Waals surface area contributed by atoms with E-state index in [-0.39, 0.29) is 47.8 Å². The van der Waals surface area contributed by atoms with Crippen LogP contribution in [0.4, 0.5) is 0 Å². The molecule has 0 radical (unpaired) electrons. The molecule has 2 N–H and O–H groups in total. The maximum absolute atomic E-state index is 13.4. The van der Waals surface area contributed by atoms with E-state index >= 15 is 0 Å². The molecule has 0 spiro atoms. The van der Waals surface area contributed by atoms with E-state index in [2.05, 4.69) is 16.8 Å². The number of hydrogen-bond donors (Lipinski definition) is 2. The molecule has 0 unspecified atom stereocenters. The van der Waals surface area contributed by atoms with Gasteiger partial charge in [0.15, 0.2) is 0 Å². The third kappa shape index (κ3) is 5.78. The van der Waals surface area contributed by atoms with Gasteiger partial charge in [0.2, 0.25) is 11.8 Å². The van der Waals surface area contributed by atoms with Crippen molar-refractivity contribution < 1.29 is 24.5 Å². The van der Waals surface area contributed by atoms with Crippen LogP contribution in [0.2, 0.25) is 0 Å². The summed E-state index contributed by atoms with van der Waals surface area (Å²) in [5.74, 6) is 5.58. The number of aliphatic hydroxyl groups excluding tert-OH is 1. The van der Waals surface area contributed by atoms with E-state index in [0.717, 1.165) is 12.8 Å². The first-order valence-corrected chi connectivity index (χ1v) is 11.1. The molecule has 1 aliphatic heterocycles. The predicted octanol–water partition coefficient (Wildman–Crippen LogP) is 1.29. The molecule has 3 rings (SSSR count). The monoisotopic (exact) mass is 443 g/mol. The standard InChI is InChI=1S/C24H33N3O5/c1-15-12-27(16(2)14-28)23(30)19-10-17(8-9-24(3,4)31)11-25-21(19)32-20(15)13-26(5)22(29)18-6-7-18/h10-11,15-16,18,20,28,31H,6-7,12-14H2,1-5H3/t15-,16-,20+/m0/s1. The molecule has 0 bridgehead atoms. The number of rotatable bonds is 5. The minimum absolute atomic E-state index is 0.0907. The molecule has 2 aliphatic rings. The predicted molar refractivity (Wildman–Crippen MR) is 119 cm³/mol. The Labute approximate surface area is 189 Å². The van der Waals surface area contributed by atoms with Crippen LogP contribution in [0, 0.1) is 23.7 Å². The summed E-state index contributed by atoms with van der Waals surface area (Å²) in [6.45, 7) is 7.49. The van der Waals surface area contributed by atoms with Crippen LogP contribution in [0.1, 0.15) is 56.5 Å². The van der Waals surface area contributed by atoms with Crippen LogP contribution < -0.4 is 4.74 Å². The summed E-state index contributed by atoms with van der Waals surface area (Å²) in [7, 11) is 1.78. The fourth-order valence-corrected chi connectivity index (χ4v) is 3.62. The van der Waals surface area contributed by atoms with E-state index in [1.807, 2.05) is 6.92 Å². The van der Waals surface area contributed by atoms with Gasteiger partial charge in [0.25, 0.3) is 5.91 Å². The van der Waals surface area contributed by atoms with Crippen molar-refractivity contribution in [3.63, 3.8) is 0 Å². The van der Waals surface area contributed by atoms with Gasteiger partial charge in [-0.25, -0.2) is 4.98 Å². The van der Waals surface area contributed by atoms with Gasteiger partial charge >= 0.3 is 0 Å². The molecule has 1 aromatic heterocycles. The molecule has 1 saturated carbocycles. The Bertz CT molecular complexity index is 926. The minimum Gasteiger partial charge on any atom is -0.472 e. The van der Waals surface area contributed by atoms with Crippen molar-refractivity contribution in [2.45, 2.75) is 58.3 Å². The third-order valence-electron chi connectivity index (χ3n) is 5.79. The molecular weight excluding hydrogens is 410 g/mol. The number of fused-ring (bicyclic) bond motifs is 1. The lowest BCUT2D eigenvalue weighted by Gasteiger charge is -2.37. The van der Waals surface area contributed by atoms with Gasteiger partial charge in [-0.15, -0.1) is 0 Å². The first-order valence-electron chi connectivity index (χ1n) is 11.1. The summed E-state index contributed by atoms with van der Waals surface area (Å²) >= 11 is 0. The molecule has 0 aromatic carbocycles. The second-order valence-corrected chi connectivity index (χ2v) is 9.50. The Morgan fingerprint density at radius 1 is 1.44 bits per heavy atom. The lowest BCUT2D eigenvalue weighted by Crippen LogP contribution is -2.50. The van der Waals surface area contributed by atoms with E-state index in [1.165, 1.54) is 6.20 Å². The van der Waals surface area contributed by atoms with Crippen LogP contribution in [0.5, 0.6) is 5.88 Å². The maximum Gasteiger partial charge on any atom is 0.259 e. The normalized spacial score (nSPS) is 22.0. The Hall–Kier alpha value is -2.63. The molecule has 8 nitrogen and oxygen atoms in total. The number of likely N-dealkylation sites (N-methyl/N-ethyl adjacent to an activating group) is 1. The topological polar surface area (TPSA) is 103 Å². The summed E-state index contributed by atoms with van der Waals surface area (Å²) in [5.41, 5.74) is -0.451. The number of aromatic nitrogens is 1. The lowest BCUT2D eigenvalue weighted by molar-refractivity contribution is -0.132. The van der Waals surface area contributed by atoms with E-state index in [9.17, 15) is 19.8 Å². The summed E-state index contributed by atoms with van der Waals surface area (Å²) in [4.78, 5) is 33.5. The van der Waals surface area contributed by atoms with Crippen LogP contribution in [-0.4, -0.2) is 81.3 Å². The smallest absolute Gasteiger partial charge is 0.259 e. The Morgan fingerprint density at radius 2 is 2.12 bits per heavy atom. The quantitative estimate of drug-likeness (QED) is 0.665. The first kappa shape index (κ1) is 24.0. The van der Waals surface area contributed by atoms with Gasteiger partial charge in [-0.3, -0.25) is 9.59 Å². The maximum atomic E-state index is 13.4. The molecule has 32 heavy (non-hydrogen) atoms. The summed E-state index contributed by atoms with van der Waals surface area (Å²) in [6, 6.07) is 1.21. The van der Waals surface area contributed by atoms with Crippen molar-refractivity contribution in [2.75, 3.05) is 26.7 Å². The highest BCUT2D eigenvalue weighted by Crippen LogP contribution is 2.32. The number of pyridine rings is 1. The largest absolute Gasteiger partial charge is 0.472 e. The van der Waals surface area contributed by atoms with Crippen LogP contribution in [0.25, 0.3) is 0 Å². The number of carbonyl (C=O) groups is 2. The molecule has 2 amide bonds. The van der Waals surface area contributed by atoms with Crippen LogP contribution in [-0.2, 0) is 4.79 Å². The summed E-state index contributed by atoms with van der Waals surface area (Å²) < 4.78 is 6.19. The zero-order valence-electron chi connectivity index (χ0n) is 19.5.